The summed E-state index contributed by atoms with van der Waals surface area (Å²) in [6.45, 7) is 3.25. The van der Waals surface area contributed by atoms with E-state index in [2.05, 4.69) is 0 Å². The van der Waals surface area contributed by atoms with Crippen molar-refractivity contribution in [2.45, 2.75) is 25.9 Å². The second-order valence-corrected chi connectivity index (χ2v) is 9.62. The van der Waals surface area contributed by atoms with Gasteiger partial charge < -0.3 is 9.64 Å². The van der Waals surface area contributed by atoms with Crippen LogP contribution >= 0.6 is 0 Å². The topological polar surface area (TPSA) is 84.0 Å². The zero-order valence-electron chi connectivity index (χ0n) is 20.3. The average Bonchev–Trinajstić information content (AvgIpc) is 3.37. The van der Waals surface area contributed by atoms with Gasteiger partial charge in [0.15, 0.2) is 11.5 Å². The van der Waals surface area contributed by atoms with Crippen LogP contribution in [0.15, 0.2) is 78.9 Å². The number of fused-ring (bicyclic) bond motifs is 5. The fraction of sp³-hybridized carbons (Fsp3) is 0.200. The number of rotatable bonds is 4. The number of benzene rings is 3. The molecule has 3 aliphatic rings. The third kappa shape index (κ3) is 3.49. The highest BCUT2D eigenvalue weighted by Crippen LogP contribution is 2.52. The number of carbonyl (C=O) groups excluding carboxylic acids is 4. The van der Waals surface area contributed by atoms with Crippen LogP contribution in [0.1, 0.15) is 28.4 Å². The lowest BCUT2D eigenvalue weighted by Crippen LogP contribution is -2.49. The van der Waals surface area contributed by atoms with Crippen LogP contribution in [-0.4, -0.2) is 35.7 Å². The monoisotopic (exact) mass is 492 g/mol. The predicted molar refractivity (Wildman–Crippen MR) is 138 cm³/mol. The Kier molecular flexibility index (Phi) is 5.30. The summed E-state index contributed by atoms with van der Waals surface area (Å²) in [5.41, 5.74) is 3.24. The fourth-order valence-corrected chi connectivity index (χ4v) is 5.84. The molecule has 2 fully saturated rings. The summed E-state index contributed by atoms with van der Waals surface area (Å²) in [6, 6.07) is 19.8. The molecule has 0 bridgehead atoms. The Balaban J connectivity index is 1.52. The molecule has 6 rings (SSSR count). The molecule has 3 heterocycles. The van der Waals surface area contributed by atoms with Crippen molar-refractivity contribution in [3.8, 4) is 5.75 Å². The molecule has 37 heavy (non-hydrogen) atoms. The first-order valence-electron chi connectivity index (χ1n) is 12.2. The number of ketones is 1. The molecule has 0 radical (unpaired) electrons. The number of hydrogen-bond acceptors (Lipinski definition) is 6. The molecule has 3 aromatic carbocycles. The Hall–Kier alpha value is -4.52. The van der Waals surface area contributed by atoms with E-state index in [9.17, 15) is 19.2 Å². The Labute approximate surface area is 213 Å². The summed E-state index contributed by atoms with van der Waals surface area (Å²) in [4.78, 5) is 56.9. The first-order valence-corrected chi connectivity index (χ1v) is 12.2. The van der Waals surface area contributed by atoms with Crippen LogP contribution in [0.5, 0.6) is 5.75 Å². The SMILES string of the molecule is CC(=O)Oc1cccc2c1N1[C@H](C(=O)c3ccccc3)[C@@H]3C(=O)N(c4ccc(C)cc4)C(=O)[C@H]3[C@@H]1C=C2. The lowest BCUT2D eigenvalue weighted by molar-refractivity contribution is -0.132. The van der Waals surface area contributed by atoms with Crippen molar-refractivity contribution >= 4 is 41.0 Å². The molecule has 0 aromatic heterocycles. The van der Waals surface area contributed by atoms with Gasteiger partial charge in [0, 0.05) is 18.1 Å². The molecule has 0 unspecified atom stereocenters. The molecular weight excluding hydrogens is 468 g/mol. The number of ether oxygens (including phenoxy) is 1. The largest absolute Gasteiger partial charge is 0.424 e. The number of imide groups is 1. The maximum absolute atomic E-state index is 14.1. The van der Waals surface area contributed by atoms with Crippen LogP contribution in [0.4, 0.5) is 11.4 Å². The van der Waals surface area contributed by atoms with Crippen molar-refractivity contribution in [3.63, 3.8) is 0 Å². The van der Waals surface area contributed by atoms with Gasteiger partial charge >= 0.3 is 5.97 Å². The number of aryl methyl sites for hydroxylation is 1. The van der Waals surface area contributed by atoms with Gasteiger partial charge in [0.2, 0.25) is 11.8 Å². The number of carbonyl (C=O) groups is 4. The van der Waals surface area contributed by atoms with Crippen molar-refractivity contribution in [2.75, 3.05) is 9.80 Å². The summed E-state index contributed by atoms with van der Waals surface area (Å²) in [5, 5.41) is 0. The van der Waals surface area contributed by atoms with E-state index in [0.29, 0.717) is 22.7 Å². The maximum atomic E-state index is 14.1. The number of anilines is 2. The van der Waals surface area contributed by atoms with Gasteiger partial charge in [-0.1, -0.05) is 72.3 Å². The van der Waals surface area contributed by atoms with Gasteiger partial charge in [0.05, 0.1) is 29.3 Å². The van der Waals surface area contributed by atoms with E-state index in [0.717, 1.165) is 11.1 Å². The van der Waals surface area contributed by atoms with E-state index in [1.54, 1.807) is 48.5 Å². The molecule has 0 N–H and O–H groups in total. The van der Waals surface area contributed by atoms with Crippen molar-refractivity contribution in [2.24, 2.45) is 11.8 Å². The Morgan fingerprint density at radius 3 is 2.24 bits per heavy atom. The fourth-order valence-electron chi connectivity index (χ4n) is 5.84. The van der Waals surface area contributed by atoms with Crippen LogP contribution < -0.4 is 14.5 Å². The van der Waals surface area contributed by atoms with Crippen LogP contribution in [-0.2, 0) is 14.4 Å². The van der Waals surface area contributed by atoms with Gasteiger partial charge in [-0.05, 0) is 25.1 Å². The zero-order chi connectivity index (χ0) is 25.8. The molecule has 4 atom stereocenters. The standard InChI is InChI=1S/C30H24N2O5/c1-17-11-14-21(15-12-17)31-29(35)24-22-16-13-19-9-6-10-23(37-18(2)33)26(19)32(22)27(25(24)30(31)36)28(34)20-7-4-3-5-8-20/h3-16,22,24-25,27H,1-2H3/t22-,24-,25+,27-/m0/s1. The molecule has 0 spiro atoms. The highest BCUT2D eigenvalue weighted by molar-refractivity contribution is 6.25. The third-order valence-electron chi connectivity index (χ3n) is 7.36. The van der Waals surface area contributed by atoms with E-state index < -0.39 is 35.8 Å². The molecule has 0 aliphatic carbocycles. The first-order chi connectivity index (χ1) is 17.9. The van der Waals surface area contributed by atoms with Crippen LogP contribution in [0.3, 0.4) is 0 Å². The lowest BCUT2D eigenvalue weighted by Gasteiger charge is -2.37. The van der Waals surface area contributed by atoms with E-state index in [1.165, 1.54) is 11.8 Å². The van der Waals surface area contributed by atoms with E-state index in [4.69, 9.17) is 4.74 Å². The van der Waals surface area contributed by atoms with E-state index >= 15 is 0 Å². The number of Topliss-reactive ketones (excluding diaryl/α,β-unsaturated/α-hetero) is 1. The number of hydrogen-bond donors (Lipinski definition) is 0. The third-order valence-corrected chi connectivity index (χ3v) is 7.36. The van der Waals surface area contributed by atoms with Gasteiger partial charge in [-0.2, -0.15) is 0 Å². The highest BCUT2D eigenvalue weighted by Gasteiger charge is 2.64. The molecule has 3 aromatic rings. The minimum atomic E-state index is -0.954. The molecule has 0 saturated carbocycles. The van der Waals surface area contributed by atoms with Gasteiger partial charge in [-0.25, -0.2) is 4.90 Å². The summed E-state index contributed by atoms with van der Waals surface area (Å²) in [5.74, 6) is -2.86. The predicted octanol–water partition coefficient (Wildman–Crippen LogP) is 4.19. The highest BCUT2D eigenvalue weighted by atomic mass is 16.5. The molecule has 7 nitrogen and oxygen atoms in total. The Bertz CT molecular complexity index is 1480. The molecule has 184 valence electrons. The van der Waals surface area contributed by atoms with Crippen LogP contribution in [0.25, 0.3) is 6.08 Å². The summed E-state index contributed by atoms with van der Waals surface area (Å²) < 4.78 is 5.53. The van der Waals surface area contributed by atoms with Gasteiger partial charge in [0.25, 0.3) is 0 Å². The van der Waals surface area contributed by atoms with Crippen molar-refractivity contribution < 1.29 is 23.9 Å². The van der Waals surface area contributed by atoms with Crippen molar-refractivity contribution in [1.29, 1.82) is 0 Å². The minimum Gasteiger partial charge on any atom is -0.424 e. The molecule has 2 saturated heterocycles. The van der Waals surface area contributed by atoms with Crippen molar-refractivity contribution in [3.05, 3.63) is 95.6 Å². The molecule has 2 amide bonds. The summed E-state index contributed by atoms with van der Waals surface area (Å²) in [6.07, 6.45) is 3.74. The van der Waals surface area contributed by atoms with Gasteiger partial charge in [-0.3, -0.25) is 19.2 Å². The normalized spacial score (nSPS) is 23.5. The van der Waals surface area contributed by atoms with Crippen LogP contribution in [0.2, 0.25) is 0 Å². The number of para-hydroxylation sites is 1. The van der Waals surface area contributed by atoms with Crippen molar-refractivity contribution in [1.82, 2.24) is 0 Å². The van der Waals surface area contributed by atoms with Gasteiger partial charge in [-0.15, -0.1) is 0 Å². The average molecular weight is 493 g/mol. The zero-order valence-corrected chi connectivity index (χ0v) is 20.3. The molecular formula is C30H24N2O5. The summed E-state index contributed by atoms with van der Waals surface area (Å²) >= 11 is 0. The second kappa shape index (κ2) is 8.55. The number of nitrogens with zero attached hydrogens (tertiary/aromatic N) is 2. The van der Waals surface area contributed by atoms with Gasteiger partial charge in [0.1, 0.15) is 6.04 Å². The quantitative estimate of drug-likeness (QED) is 0.235. The first kappa shape index (κ1) is 22.9. The molecule has 3 aliphatic heterocycles. The lowest BCUT2D eigenvalue weighted by atomic mass is 9.86. The second-order valence-electron chi connectivity index (χ2n) is 9.62. The van der Waals surface area contributed by atoms with Crippen LogP contribution in [0, 0.1) is 18.8 Å². The minimum absolute atomic E-state index is 0.260. The Morgan fingerprint density at radius 1 is 0.838 bits per heavy atom. The smallest absolute Gasteiger partial charge is 0.308 e. The van der Waals surface area contributed by atoms with E-state index in [-0.39, 0.29) is 11.7 Å². The number of esters is 1. The van der Waals surface area contributed by atoms with E-state index in [1.807, 2.05) is 48.2 Å². The maximum Gasteiger partial charge on any atom is 0.308 e. The summed E-state index contributed by atoms with van der Waals surface area (Å²) in [7, 11) is 0. The number of amides is 2. The molecule has 7 heteroatoms. The Morgan fingerprint density at radius 2 is 1.54 bits per heavy atom.